The first-order valence-electron chi connectivity index (χ1n) is 9.14. The molecule has 0 saturated carbocycles. The van der Waals surface area contributed by atoms with Gasteiger partial charge in [0, 0.05) is 38.3 Å². The van der Waals surface area contributed by atoms with E-state index in [4.69, 9.17) is 4.98 Å². The first-order chi connectivity index (χ1) is 12.7. The van der Waals surface area contributed by atoms with Crippen molar-refractivity contribution in [2.75, 3.05) is 25.0 Å². The van der Waals surface area contributed by atoms with Gasteiger partial charge in [0.15, 0.2) is 5.65 Å². The number of aryl methyl sites for hydroxylation is 1. The summed E-state index contributed by atoms with van der Waals surface area (Å²) >= 11 is 0. The maximum atomic E-state index is 11.9. The normalized spacial score (nSPS) is 15.3. The van der Waals surface area contributed by atoms with E-state index in [0.717, 1.165) is 48.4 Å². The molecule has 3 aromatic rings. The molecule has 0 aliphatic carbocycles. The van der Waals surface area contributed by atoms with Crippen LogP contribution in [-0.2, 0) is 11.2 Å². The first-order valence-corrected chi connectivity index (χ1v) is 9.14. The minimum atomic E-state index is 0.125. The molecule has 0 unspecified atom stereocenters. The molecule has 6 nitrogen and oxygen atoms in total. The van der Waals surface area contributed by atoms with Crippen molar-refractivity contribution >= 4 is 17.4 Å². The third-order valence-corrected chi connectivity index (χ3v) is 4.88. The van der Waals surface area contributed by atoms with Gasteiger partial charge in [0.1, 0.15) is 5.82 Å². The Labute approximate surface area is 152 Å². The molecule has 134 valence electrons. The van der Waals surface area contributed by atoms with Gasteiger partial charge in [-0.15, -0.1) is 0 Å². The van der Waals surface area contributed by atoms with Crippen molar-refractivity contribution < 1.29 is 4.79 Å². The van der Waals surface area contributed by atoms with Crippen LogP contribution in [0.1, 0.15) is 25.3 Å². The maximum Gasteiger partial charge on any atom is 0.219 e. The van der Waals surface area contributed by atoms with Gasteiger partial charge in [0.25, 0.3) is 0 Å². The fourth-order valence-corrected chi connectivity index (χ4v) is 3.44. The fourth-order valence-electron chi connectivity index (χ4n) is 3.44. The van der Waals surface area contributed by atoms with Crippen molar-refractivity contribution in [3.63, 3.8) is 0 Å². The Bertz CT molecular complexity index is 933. The summed E-state index contributed by atoms with van der Waals surface area (Å²) < 4.78 is 1.80. The highest BCUT2D eigenvalue weighted by molar-refractivity contribution is 5.78. The molecular formula is C20H23N5O. The number of carbonyl (C=O) groups excluding carboxylic acids is 1. The molecule has 6 heteroatoms. The van der Waals surface area contributed by atoms with Crippen molar-refractivity contribution in [1.82, 2.24) is 19.5 Å². The average molecular weight is 349 g/mol. The number of nitrogens with one attached hydrogen (secondary N) is 1. The van der Waals surface area contributed by atoms with Gasteiger partial charge in [-0.2, -0.15) is 5.10 Å². The maximum absolute atomic E-state index is 11.9. The predicted molar refractivity (Wildman–Crippen MR) is 102 cm³/mol. The molecule has 4 bridgehead atoms. The molecule has 26 heavy (non-hydrogen) atoms. The van der Waals surface area contributed by atoms with Gasteiger partial charge >= 0.3 is 0 Å². The van der Waals surface area contributed by atoms with Gasteiger partial charge in [-0.1, -0.05) is 24.3 Å². The lowest BCUT2D eigenvalue weighted by atomic mass is 10.0. The summed E-state index contributed by atoms with van der Waals surface area (Å²) in [5.74, 6) is 0.924. The second kappa shape index (κ2) is 7.15. The second-order valence-electron chi connectivity index (χ2n) is 6.73. The van der Waals surface area contributed by atoms with E-state index < -0.39 is 0 Å². The molecule has 4 rings (SSSR count). The highest BCUT2D eigenvalue weighted by Gasteiger charge is 2.12. The van der Waals surface area contributed by atoms with Crippen molar-refractivity contribution in [1.29, 1.82) is 0 Å². The number of anilines is 1. The lowest BCUT2D eigenvalue weighted by molar-refractivity contribution is -0.128. The van der Waals surface area contributed by atoms with E-state index in [1.165, 1.54) is 5.56 Å². The van der Waals surface area contributed by atoms with Gasteiger partial charge in [-0.3, -0.25) is 4.79 Å². The summed E-state index contributed by atoms with van der Waals surface area (Å²) in [4.78, 5) is 18.5. The Balaban J connectivity index is 1.72. The highest BCUT2D eigenvalue weighted by atomic mass is 16.2. The predicted octanol–water partition coefficient (Wildman–Crippen LogP) is 2.99. The Kier molecular flexibility index (Phi) is 4.56. The molecule has 0 saturated heterocycles. The number of nitrogens with zero attached hydrogens (tertiary/aromatic N) is 4. The zero-order valence-corrected chi connectivity index (χ0v) is 15.0. The molecule has 3 heterocycles. The van der Waals surface area contributed by atoms with Crippen molar-refractivity contribution in [2.45, 2.75) is 26.2 Å². The van der Waals surface area contributed by atoms with E-state index in [1.807, 2.05) is 23.4 Å². The molecule has 1 N–H and O–H groups in total. The summed E-state index contributed by atoms with van der Waals surface area (Å²) in [6.07, 6.45) is 6.87. The largest absolute Gasteiger partial charge is 0.368 e. The number of fused-ring (bicyclic) bond motifs is 4. The standard InChI is InChI=1S/C20H23N5O/c1-15(26)24-10-3-2-5-16-6-4-7-17(13-16)18-14-22-25-11-8-19(21-9-12-24)23-20(18)25/h4,6-8,11,13-14H,2-3,5,9-10,12H2,1H3,(H,21,23). The molecule has 0 spiro atoms. The van der Waals surface area contributed by atoms with E-state index in [-0.39, 0.29) is 5.91 Å². The monoisotopic (exact) mass is 349 g/mol. The van der Waals surface area contributed by atoms with Crippen molar-refractivity contribution in [3.05, 3.63) is 48.3 Å². The van der Waals surface area contributed by atoms with Gasteiger partial charge in [0.2, 0.25) is 5.91 Å². The van der Waals surface area contributed by atoms with Gasteiger partial charge in [-0.25, -0.2) is 9.50 Å². The third kappa shape index (κ3) is 3.40. The number of aromatic nitrogens is 3. The summed E-state index contributed by atoms with van der Waals surface area (Å²) in [7, 11) is 0. The zero-order valence-electron chi connectivity index (χ0n) is 15.0. The molecule has 1 aromatic carbocycles. The Morgan fingerprint density at radius 3 is 3.00 bits per heavy atom. The fraction of sp³-hybridized carbons (Fsp3) is 0.350. The molecular weight excluding hydrogens is 326 g/mol. The summed E-state index contributed by atoms with van der Waals surface area (Å²) in [5, 5.41) is 7.76. The minimum absolute atomic E-state index is 0.125. The average Bonchev–Trinajstić information content (AvgIpc) is 3.06. The quantitative estimate of drug-likeness (QED) is 0.678. The van der Waals surface area contributed by atoms with Gasteiger partial charge < -0.3 is 10.2 Å². The van der Waals surface area contributed by atoms with Gasteiger partial charge in [-0.05, 0) is 36.5 Å². The number of hydrogen-bond acceptors (Lipinski definition) is 4. The molecule has 0 atom stereocenters. The van der Waals surface area contributed by atoms with Crippen LogP contribution in [0.4, 0.5) is 5.82 Å². The van der Waals surface area contributed by atoms with Crippen LogP contribution in [0.5, 0.6) is 0 Å². The second-order valence-corrected chi connectivity index (χ2v) is 6.73. The van der Waals surface area contributed by atoms with Gasteiger partial charge in [0.05, 0.1) is 6.20 Å². The van der Waals surface area contributed by atoms with Crippen LogP contribution in [-0.4, -0.2) is 45.0 Å². The third-order valence-electron chi connectivity index (χ3n) is 4.88. The first kappa shape index (κ1) is 16.6. The van der Waals surface area contributed by atoms with E-state index in [0.29, 0.717) is 13.1 Å². The number of rotatable bonds is 0. The number of hydrogen-bond donors (Lipinski definition) is 1. The van der Waals surface area contributed by atoms with Crippen LogP contribution >= 0.6 is 0 Å². The topological polar surface area (TPSA) is 62.5 Å². The molecule has 1 amide bonds. The lowest BCUT2D eigenvalue weighted by Gasteiger charge is -2.21. The molecule has 1 aliphatic heterocycles. The highest BCUT2D eigenvalue weighted by Crippen LogP contribution is 2.25. The SMILES string of the molecule is CC(=O)N1CCCCc2cccc(c2)-c2cnn3ccc(nc23)NCC1. The Morgan fingerprint density at radius 2 is 2.12 bits per heavy atom. The van der Waals surface area contributed by atoms with E-state index >= 15 is 0 Å². The van der Waals surface area contributed by atoms with Crippen LogP contribution in [0.2, 0.25) is 0 Å². The van der Waals surface area contributed by atoms with Crippen molar-refractivity contribution in [3.8, 4) is 11.1 Å². The Morgan fingerprint density at radius 1 is 1.19 bits per heavy atom. The van der Waals surface area contributed by atoms with Crippen LogP contribution in [0.15, 0.2) is 42.7 Å². The molecule has 2 aromatic heterocycles. The van der Waals surface area contributed by atoms with Crippen LogP contribution in [0, 0.1) is 0 Å². The molecule has 0 radical (unpaired) electrons. The number of carbonyl (C=O) groups is 1. The lowest BCUT2D eigenvalue weighted by Crippen LogP contribution is -2.34. The smallest absolute Gasteiger partial charge is 0.219 e. The minimum Gasteiger partial charge on any atom is -0.368 e. The van der Waals surface area contributed by atoms with Crippen LogP contribution in [0.25, 0.3) is 16.8 Å². The van der Waals surface area contributed by atoms with E-state index in [2.05, 4.69) is 34.7 Å². The van der Waals surface area contributed by atoms with E-state index in [1.54, 1.807) is 11.4 Å². The van der Waals surface area contributed by atoms with Crippen molar-refractivity contribution in [2.24, 2.45) is 0 Å². The zero-order chi connectivity index (χ0) is 17.9. The number of amides is 1. The molecule has 1 aliphatic rings. The van der Waals surface area contributed by atoms with Crippen LogP contribution < -0.4 is 5.32 Å². The number of benzene rings is 1. The summed E-state index contributed by atoms with van der Waals surface area (Å²) in [6.45, 7) is 3.80. The van der Waals surface area contributed by atoms with E-state index in [9.17, 15) is 4.79 Å². The molecule has 0 fully saturated rings. The Hall–Kier alpha value is -2.89. The van der Waals surface area contributed by atoms with Crippen LogP contribution in [0.3, 0.4) is 0 Å². The summed E-state index contributed by atoms with van der Waals surface area (Å²) in [5.41, 5.74) is 4.32. The summed E-state index contributed by atoms with van der Waals surface area (Å²) in [6, 6.07) is 10.5.